The van der Waals surface area contributed by atoms with Crippen molar-refractivity contribution in [2.24, 2.45) is 17.6 Å². The molecule has 0 spiro atoms. The van der Waals surface area contributed by atoms with Gasteiger partial charge in [-0.25, -0.2) is 0 Å². The zero-order valence-electron chi connectivity index (χ0n) is 9.66. The highest BCUT2D eigenvalue weighted by molar-refractivity contribution is 5.78. The van der Waals surface area contributed by atoms with Gasteiger partial charge in [0.15, 0.2) is 0 Å². The van der Waals surface area contributed by atoms with E-state index in [0.29, 0.717) is 12.5 Å². The molecule has 88 valence electrons. The van der Waals surface area contributed by atoms with Crippen molar-refractivity contribution in [2.75, 3.05) is 19.8 Å². The first kappa shape index (κ1) is 12.5. The summed E-state index contributed by atoms with van der Waals surface area (Å²) in [6.07, 6.45) is 1.80. The Bertz CT molecular complexity index is 203. The molecular weight excluding hydrogens is 192 g/mol. The Morgan fingerprint density at radius 2 is 2.33 bits per heavy atom. The minimum absolute atomic E-state index is 0.0137. The number of carbonyl (C=O) groups is 1. The maximum absolute atomic E-state index is 11.7. The van der Waals surface area contributed by atoms with E-state index in [1.165, 1.54) is 0 Å². The van der Waals surface area contributed by atoms with Crippen LogP contribution in [0, 0.1) is 11.8 Å². The minimum Gasteiger partial charge on any atom is -0.381 e. The van der Waals surface area contributed by atoms with Gasteiger partial charge in [-0.05, 0) is 26.3 Å². The molecule has 0 saturated carbocycles. The number of carbonyl (C=O) groups excluding carboxylic acids is 1. The van der Waals surface area contributed by atoms with Crippen LogP contribution in [0.15, 0.2) is 0 Å². The van der Waals surface area contributed by atoms with Crippen LogP contribution in [0.1, 0.15) is 26.7 Å². The van der Waals surface area contributed by atoms with E-state index in [0.717, 1.165) is 26.1 Å². The van der Waals surface area contributed by atoms with Crippen LogP contribution in [-0.4, -0.2) is 31.7 Å². The Morgan fingerprint density at radius 3 is 2.87 bits per heavy atom. The molecule has 0 aromatic rings. The number of amides is 1. The van der Waals surface area contributed by atoms with Crippen molar-refractivity contribution in [1.29, 1.82) is 0 Å². The minimum atomic E-state index is 0.0137. The van der Waals surface area contributed by atoms with Gasteiger partial charge >= 0.3 is 0 Å². The first-order valence-corrected chi connectivity index (χ1v) is 5.73. The fourth-order valence-electron chi connectivity index (χ4n) is 1.81. The number of nitrogens with two attached hydrogens (primary N) is 1. The van der Waals surface area contributed by atoms with Crippen LogP contribution in [0.4, 0.5) is 0 Å². The predicted octanol–water partition coefficient (Wildman–Crippen LogP) is 0.513. The fourth-order valence-corrected chi connectivity index (χ4v) is 1.81. The van der Waals surface area contributed by atoms with Crippen LogP contribution in [0.5, 0.6) is 0 Å². The van der Waals surface area contributed by atoms with Crippen LogP contribution >= 0.6 is 0 Å². The second kappa shape index (κ2) is 6.08. The number of hydrogen-bond donors (Lipinski definition) is 2. The molecule has 0 radical (unpaired) electrons. The van der Waals surface area contributed by atoms with Crippen LogP contribution in [-0.2, 0) is 9.53 Å². The summed E-state index contributed by atoms with van der Waals surface area (Å²) in [6, 6.07) is 0.209. The lowest BCUT2D eigenvalue weighted by molar-refractivity contribution is -0.125. The maximum Gasteiger partial charge on any atom is 0.223 e. The molecule has 3 atom stereocenters. The molecule has 1 heterocycles. The van der Waals surface area contributed by atoms with E-state index in [1.54, 1.807) is 0 Å². The molecule has 0 aliphatic carbocycles. The smallest absolute Gasteiger partial charge is 0.223 e. The first-order valence-electron chi connectivity index (χ1n) is 5.73. The number of hydrogen-bond acceptors (Lipinski definition) is 3. The molecule has 0 bridgehead atoms. The van der Waals surface area contributed by atoms with E-state index in [1.807, 2.05) is 13.8 Å². The van der Waals surface area contributed by atoms with Crippen LogP contribution in [0.2, 0.25) is 0 Å². The van der Waals surface area contributed by atoms with E-state index in [9.17, 15) is 4.79 Å². The summed E-state index contributed by atoms with van der Waals surface area (Å²) in [5, 5.41) is 3.03. The monoisotopic (exact) mass is 214 g/mol. The lowest BCUT2D eigenvalue weighted by atomic mass is 9.99. The van der Waals surface area contributed by atoms with Crippen LogP contribution in [0.25, 0.3) is 0 Å². The topological polar surface area (TPSA) is 64.4 Å². The quantitative estimate of drug-likeness (QED) is 0.701. The van der Waals surface area contributed by atoms with E-state index >= 15 is 0 Å². The highest BCUT2D eigenvalue weighted by Gasteiger charge is 2.24. The van der Waals surface area contributed by atoms with Crippen molar-refractivity contribution in [2.45, 2.75) is 32.7 Å². The highest BCUT2D eigenvalue weighted by atomic mass is 16.5. The standard InChI is InChI=1S/C11H22N2O2/c1-8(3-5-12)11(14)13-9(2)10-4-6-15-7-10/h8-10H,3-7,12H2,1-2H3,(H,13,14). The summed E-state index contributed by atoms with van der Waals surface area (Å²) in [5.41, 5.74) is 5.42. The first-order chi connectivity index (χ1) is 7.15. The summed E-state index contributed by atoms with van der Waals surface area (Å²) in [6.45, 7) is 6.12. The lowest BCUT2D eigenvalue weighted by Gasteiger charge is -2.21. The Balaban J connectivity index is 2.29. The van der Waals surface area contributed by atoms with Gasteiger partial charge in [0.2, 0.25) is 5.91 Å². The van der Waals surface area contributed by atoms with Crippen molar-refractivity contribution in [3.63, 3.8) is 0 Å². The Labute approximate surface area is 91.5 Å². The molecule has 1 fully saturated rings. The van der Waals surface area contributed by atoms with Crippen molar-refractivity contribution < 1.29 is 9.53 Å². The molecule has 1 rings (SSSR count). The van der Waals surface area contributed by atoms with E-state index in [2.05, 4.69) is 5.32 Å². The second-order valence-corrected chi connectivity index (χ2v) is 4.40. The van der Waals surface area contributed by atoms with E-state index in [-0.39, 0.29) is 17.9 Å². The van der Waals surface area contributed by atoms with Gasteiger partial charge in [0, 0.05) is 24.5 Å². The molecule has 0 aromatic carbocycles. The van der Waals surface area contributed by atoms with Crippen molar-refractivity contribution >= 4 is 5.91 Å². The number of rotatable bonds is 5. The van der Waals surface area contributed by atoms with E-state index < -0.39 is 0 Å². The molecule has 4 heteroatoms. The number of ether oxygens (including phenoxy) is 1. The second-order valence-electron chi connectivity index (χ2n) is 4.40. The largest absolute Gasteiger partial charge is 0.381 e. The van der Waals surface area contributed by atoms with Crippen molar-refractivity contribution in [1.82, 2.24) is 5.32 Å². The van der Waals surface area contributed by atoms with Gasteiger partial charge in [-0.3, -0.25) is 4.79 Å². The third-order valence-electron chi connectivity index (χ3n) is 3.09. The van der Waals surface area contributed by atoms with Crippen LogP contribution in [0.3, 0.4) is 0 Å². The van der Waals surface area contributed by atoms with E-state index in [4.69, 9.17) is 10.5 Å². The average molecular weight is 214 g/mol. The third kappa shape index (κ3) is 3.80. The van der Waals surface area contributed by atoms with Crippen LogP contribution < -0.4 is 11.1 Å². The molecular formula is C11H22N2O2. The van der Waals surface area contributed by atoms with Gasteiger partial charge in [0.05, 0.1) is 6.61 Å². The molecule has 4 nitrogen and oxygen atoms in total. The summed E-state index contributed by atoms with van der Waals surface area (Å²) in [5.74, 6) is 0.596. The number of nitrogens with one attached hydrogen (secondary N) is 1. The molecule has 1 saturated heterocycles. The van der Waals surface area contributed by atoms with Gasteiger partial charge in [0.1, 0.15) is 0 Å². The molecule has 1 amide bonds. The van der Waals surface area contributed by atoms with Gasteiger partial charge in [-0.2, -0.15) is 0 Å². The van der Waals surface area contributed by atoms with Gasteiger partial charge < -0.3 is 15.8 Å². The molecule has 1 aliphatic heterocycles. The average Bonchev–Trinajstić information content (AvgIpc) is 2.70. The Hall–Kier alpha value is -0.610. The molecule has 3 unspecified atom stereocenters. The zero-order valence-corrected chi connectivity index (χ0v) is 9.66. The van der Waals surface area contributed by atoms with Gasteiger partial charge in [-0.15, -0.1) is 0 Å². The maximum atomic E-state index is 11.7. The summed E-state index contributed by atoms with van der Waals surface area (Å²) in [4.78, 5) is 11.7. The molecule has 15 heavy (non-hydrogen) atoms. The Kier molecular flexibility index (Phi) is 5.05. The summed E-state index contributed by atoms with van der Waals surface area (Å²) in [7, 11) is 0. The molecule has 3 N–H and O–H groups in total. The fraction of sp³-hybridized carbons (Fsp3) is 0.909. The Morgan fingerprint density at radius 1 is 1.60 bits per heavy atom. The zero-order chi connectivity index (χ0) is 11.3. The summed E-state index contributed by atoms with van der Waals surface area (Å²) >= 11 is 0. The van der Waals surface area contributed by atoms with Crippen molar-refractivity contribution in [3.05, 3.63) is 0 Å². The normalized spacial score (nSPS) is 24.9. The third-order valence-corrected chi connectivity index (χ3v) is 3.09. The SMILES string of the molecule is CC(CCN)C(=O)NC(C)C1CCOC1. The molecule has 1 aliphatic rings. The highest BCUT2D eigenvalue weighted by Crippen LogP contribution is 2.16. The summed E-state index contributed by atoms with van der Waals surface area (Å²) < 4.78 is 5.30. The predicted molar refractivity (Wildman–Crippen MR) is 59.4 cm³/mol. The molecule has 0 aromatic heterocycles. The lowest BCUT2D eigenvalue weighted by Crippen LogP contribution is -2.41. The van der Waals surface area contributed by atoms with Gasteiger partial charge in [0.25, 0.3) is 0 Å². The van der Waals surface area contributed by atoms with Gasteiger partial charge in [-0.1, -0.05) is 6.92 Å². The van der Waals surface area contributed by atoms with Crippen molar-refractivity contribution in [3.8, 4) is 0 Å².